The van der Waals surface area contributed by atoms with Gasteiger partial charge in [-0.15, -0.1) is 6.58 Å². The van der Waals surface area contributed by atoms with Crippen molar-refractivity contribution in [2.45, 2.75) is 19.5 Å². The molecule has 0 bridgehead atoms. The van der Waals surface area contributed by atoms with E-state index in [9.17, 15) is 17.6 Å². The van der Waals surface area contributed by atoms with Crippen LogP contribution in [-0.2, 0) is 6.42 Å². The first-order valence-corrected chi connectivity index (χ1v) is 8.06. The molecule has 0 atom stereocenters. The maximum atomic E-state index is 14.5. The average Bonchev–Trinajstić information content (AvgIpc) is 2.59. The summed E-state index contributed by atoms with van der Waals surface area (Å²) in [7, 11) is 0. The van der Waals surface area contributed by atoms with Gasteiger partial charge in [0.15, 0.2) is 0 Å². The fourth-order valence-electron chi connectivity index (χ4n) is 2.87. The van der Waals surface area contributed by atoms with Gasteiger partial charge in [0.2, 0.25) is 0 Å². The van der Waals surface area contributed by atoms with E-state index >= 15 is 0 Å². The Bertz CT molecular complexity index is 927. The van der Waals surface area contributed by atoms with Gasteiger partial charge in [-0.1, -0.05) is 24.3 Å². The molecule has 5 heteroatoms. The zero-order valence-corrected chi connectivity index (χ0v) is 13.8. The Morgan fingerprint density at radius 1 is 0.923 bits per heavy atom. The van der Waals surface area contributed by atoms with Crippen molar-refractivity contribution < 1.29 is 22.3 Å². The average molecular weight is 360 g/mol. The van der Waals surface area contributed by atoms with Crippen molar-refractivity contribution in [1.82, 2.24) is 0 Å². The number of aryl methyl sites for hydroxylation is 1. The Balaban J connectivity index is 1.98. The fourth-order valence-corrected chi connectivity index (χ4v) is 2.87. The van der Waals surface area contributed by atoms with Crippen LogP contribution in [0.2, 0.25) is 0 Å². The summed E-state index contributed by atoms with van der Waals surface area (Å²) in [6, 6.07) is 11.9. The van der Waals surface area contributed by atoms with Crippen molar-refractivity contribution in [2.75, 3.05) is 0 Å². The zero-order chi connectivity index (χ0) is 18.7. The minimum absolute atomic E-state index is 0.0317. The van der Waals surface area contributed by atoms with Crippen LogP contribution in [-0.4, -0.2) is 6.61 Å². The molecule has 0 amide bonds. The smallest absolute Gasteiger partial charge is 0.387 e. The third kappa shape index (κ3) is 3.87. The second-order valence-electron chi connectivity index (χ2n) is 5.86. The molecule has 0 fully saturated rings. The van der Waals surface area contributed by atoms with E-state index in [1.807, 2.05) is 0 Å². The van der Waals surface area contributed by atoms with Crippen LogP contribution in [0, 0.1) is 11.6 Å². The van der Waals surface area contributed by atoms with Gasteiger partial charge >= 0.3 is 6.61 Å². The van der Waals surface area contributed by atoms with E-state index in [1.165, 1.54) is 24.3 Å². The number of ether oxygens (including phenoxy) is 1. The lowest BCUT2D eigenvalue weighted by molar-refractivity contribution is -0.0497. The summed E-state index contributed by atoms with van der Waals surface area (Å²) in [5.41, 5.74) is 0.839. The lowest BCUT2D eigenvalue weighted by Crippen LogP contribution is -2.01. The number of halogens is 4. The van der Waals surface area contributed by atoms with Crippen LogP contribution in [0.3, 0.4) is 0 Å². The molecule has 0 saturated carbocycles. The van der Waals surface area contributed by atoms with Crippen molar-refractivity contribution in [3.63, 3.8) is 0 Å². The summed E-state index contributed by atoms with van der Waals surface area (Å²) in [5, 5.41) is 1.30. The largest absolute Gasteiger partial charge is 0.435 e. The second kappa shape index (κ2) is 7.60. The van der Waals surface area contributed by atoms with E-state index in [0.29, 0.717) is 34.7 Å². The number of allylic oxidation sites excluding steroid dienone is 1. The molecule has 0 aliphatic carbocycles. The highest BCUT2D eigenvalue weighted by molar-refractivity contribution is 5.88. The molecule has 0 spiro atoms. The second-order valence-corrected chi connectivity index (χ2v) is 5.86. The van der Waals surface area contributed by atoms with Gasteiger partial charge in [0.1, 0.15) is 17.4 Å². The maximum absolute atomic E-state index is 14.5. The van der Waals surface area contributed by atoms with E-state index in [-0.39, 0.29) is 11.3 Å². The summed E-state index contributed by atoms with van der Waals surface area (Å²) in [6.45, 7) is 0.691. The maximum Gasteiger partial charge on any atom is 0.387 e. The van der Waals surface area contributed by atoms with Gasteiger partial charge < -0.3 is 4.74 Å². The Morgan fingerprint density at radius 2 is 1.58 bits per heavy atom. The third-order valence-electron chi connectivity index (χ3n) is 4.06. The molecule has 0 aliphatic rings. The van der Waals surface area contributed by atoms with E-state index in [2.05, 4.69) is 11.3 Å². The summed E-state index contributed by atoms with van der Waals surface area (Å²) >= 11 is 0. The first kappa shape index (κ1) is 18.0. The quantitative estimate of drug-likeness (QED) is 0.360. The normalized spacial score (nSPS) is 11.1. The Morgan fingerprint density at radius 3 is 2.23 bits per heavy atom. The van der Waals surface area contributed by atoms with Gasteiger partial charge in [0, 0.05) is 0 Å². The van der Waals surface area contributed by atoms with Crippen molar-refractivity contribution in [3.8, 4) is 16.9 Å². The summed E-state index contributed by atoms with van der Waals surface area (Å²) in [4.78, 5) is 0. The standard InChI is InChI=1S/C21H16F4O/c1-2-3-4-13-9-18(22)20(19(23)10-13)16-6-5-15-12-17(26-21(24)25)8-7-14(15)11-16/h2,5-12,21H,1,3-4H2. The summed E-state index contributed by atoms with van der Waals surface area (Å²) in [6.07, 6.45) is 2.85. The van der Waals surface area contributed by atoms with Crippen molar-refractivity contribution in [2.24, 2.45) is 0 Å². The summed E-state index contributed by atoms with van der Waals surface area (Å²) < 4.78 is 57.9. The van der Waals surface area contributed by atoms with Gasteiger partial charge in [-0.3, -0.25) is 0 Å². The number of fused-ring (bicyclic) bond motifs is 1. The van der Waals surface area contributed by atoms with Crippen molar-refractivity contribution >= 4 is 10.8 Å². The predicted molar refractivity (Wildman–Crippen MR) is 94.5 cm³/mol. The lowest BCUT2D eigenvalue weighted by atomic mass is 9.98. The van der Waals surface area contributed by atoms with Gasteiger partial charge in [0.05, 0.1) is 5.56 Å². The van der Waals surface area contributed by atoms with E-state index in [0.717, 1.165) is 0 Å². The molecule has 0 N–H and O–H groups in total. The van der Waals surface area contributed by atoms with Crippen LogP contribution < -0.4 is 4.74 Å². The van der Waals surface area contributed by atoms with Gasteiger partial charge in [-0.25, -0.2) is 8.78 Å². The lowest BCUT2D eigenvalue weighted by Gasteiger charge is -2.10. The van der Waals surface area contributed by atoms with E-state index < -0.39 is 18.2 Å². The van der Waals surface area contributed by atoms with Crippen molar-refractivity contribution in [3.05, 3.63) is 78.4 Å². The minimum atomic E-state index is -2.91. The van der Waals surface area contributed by atoms with Crippen LogP contribution in [0.15, 0.2) is 61.2 Å². The molecule has 0 heterocycles. The molecule has 3 aromatic carbocycles. The molecule has 134 valence electrons. The molecule has 0 unspecified atom stereocenters. The number of hydrogen-bond donors (Lipinski definition) is 0. The fraction of sp³-hybridized carbons (Fsp3) is 0.143. The van der Waals surface area contributed by atoms with E-state index in [4.69, 9.17) is 0 Å². The van der Waals surface area contributed by atoms with Crippen molar-refractivity contribution in [1.29, 1.82) is 0 Å². The molecular formula is C21H16F4O. The van der Waals surface area contributed by atoms with Gasteiger partial charge in [-0.2, -0.15) is 8.78 Å². The molecule has 0 radical (unpaired) electrons. The molecule has 0 aromatic heterocycles. The highest BCUT2D eigenvalue weighted by Gasteiger charge is 2.14. The number of rotatable bonds is 6. The number of alkyl halides is 2. The SMILES string of the molecule is C=CCCc1cc(F)c(-c2ccc3cc(OC(F)F)ccc3c2)c(F)c1. The highest BCUT2D eigenvalue weighted by atomic mass is 19.3. The molecule has 1 nitrogen and oxygen atoms in total. The molecule has 26 heavy (non-hydrogen) atoms. The number of benzene rings is 3. The van der Waals surface area contributed by atoms with Crippen LogP contribution in [0.4, 0.5) is 17.6 Å². The van der Waals surface area contributed by atoms with E-state index in [1.54, 1.807) is 30.3 Å². The van der Waals surface area contributed by atoms with Crippen LogP contribution in [0.5, 0.6) is 5.75 Å². The monoisotopic (exact) mass is 360 g/mol. The Labute approximate surface area is 148 Å². The Hall–Kier alpha value is -2.82. The first-order valence-electron chi connectivity index (χ1n) is 8.06. The molecule has 3 rings (SSSR count). The minimum Gasteiger partial charge on any atom is -0.435 e. The molecular weight excluding hydrogens is 344 g/mol. The predicted octanol–water partition coefficient (Wildman–Crippen LogP) is 6.51. The van der Waals surface area contributed by atoms with Crippen LogP contribution in [0.25, 0.3) is 21.9 Å². The van der Waals surface area contributed by atoms with Gasteiger partial charge in [0.25, 0.3) is 0 Å². The summed E-state index contributed by atoms with van der Waals surface area (Å²) in [5.74, 6) is -1.24. The molecule has 0 saturated heterocycles. The number of hydrogen-bond acceptors (Lipinski definition) is 1. The molecule has 0 aliphatic heterocycles. The van der Waals surface area contributed by atoms with Gasteiger partial charge in [-0.05, 0) is 65.1 Å². The molecule has 3 aromatic rings. The third-order valence-corrected chi connectivity index (χ3v) is 4.06. The van der Waals surface area contributed by atoms with Crippen LogP contribution >= 0.6 is 0 Å². The van der Waals surface area contributed by atoms with Crippen LogP contribution in [0.1, 0.15) is 12.0 Å². The topological polar surface area (TPSA) is 9.23 Å². The highest BCUT2D eigenvalue weighted by Crippen LogP contribution is 2.31. The Kier molecular flexibility index (Phi) is 5.26. The zero-order valence-electron chi connectivity index (χ0n) is 13.8. The first-order chi connectivity index (χ1) is 12.5.